The van der Waals surface area contributed by atoms with Crippen LogP contribution < -0.4 is 10.5 Å². The Morgan fingerprint density at radius 1 is 1.47 bits per heavy atom. The molecule has 0 aliphatic carbocycles. The number of hydrogen-bond donors (Lipinski definition) is 1. The molecule has 2 nitrogen and oxygen atoms in total. The van der Waals surface area contributed by atoms with E-state index in [1.807, 2.05) is 32.9 Å². The summed E-state index contributed by atoms with van der Waals surface area (Å²) in [7, 11) is 0. The maximum atomic E-state index is 5.81. The minimum atomic E-state index is 0.495. The topological polar surface area (TPSA) is 35.2 Å². The lowest BCUT2D eigenvalue weighted by Gasteiger charge is -2.13. The number of halogens is 1. The molecule has 0 atom stereocenters. The summed E-state index contributed by atoms with van der Waals surface area (Å²) in [5, 5.41) is 0. The Morgan fingerprint density at radius 3 is 2.73 bits per heavy atom. The molecule has 1 rings (SSSR count). The second kappa shape index (κ2) is 5.08. The van der Waals surface area contributed by atoms with Crippen LogP contribution in [0.1, 0.15) is 18.1 Å². The van der Waals surface area contributed by atoms with Crippen molar-refractivity contribution < 1.29 is 4.74 Å². The smallest absolute Gasteiger partial charge is 0.127 e. The zero-order valence-corrected chi connectivity index (χ0v) is 10.1. The third-order valence-electron chi connectivity index (χ3n) is 2.28. The Labute approximate surface area is 95.7 Å². The van der Waals surface area contributed by atoms with Gasteiger partial charge in [-0.1, -0.05) is 17.7 Å². The van der Waals surface area contributed by atoms with Crippen LogP contribution >= 0.6 is 11.6 Å². The molecular formula is C12H16ClNO. The van der Waals surface area contributed by atoms with Crippen LogP contribution in [0.4, 0.5) is 5.69 Å². The molecule has 1 aromatic carbocycles. The average molecular weight is 226 g/mol. The normalized spacial score (nSPS) is 11.6. The minimum absolute atomic E-state index is 0.495. The standard InChI is InChI=1S/C12H16ClNO/c1-8(6-13)7-15-12-9(2)4-5-11(14)10(12)3/h4-6H,7,14H2,1-3H3/b8-6-. The van der Waals surface area contributed by atoms with Gasteiger partial charge in [0.25, 0.3) is 0 Å². The van der Waals surface area contributed by atoms with Crippen LogP contribution in [-0.2, 0) is 0 Å². The summed E-state index contributed by atoms with van der Waals surface area (Å²) < 4.78 is 5.67. The van der Waals surface area contributed by atoms with Crippen molar-refractivity contribution in [1.29, 1.82) is 0 Å². The van der Waals surface area contributed by atoms with Crippen molar-refractivity contribution in [2.24, 2.45) is 0 Å². The first kappa shape index (κ1) is 11.9. The van der Waals surface area contributed by atoms with E-state index in [9.17, 15) is 0 Å². The molecule has 3 heteroatoms. The minimum Gasteiger partial charge on any atom is -0.489 e. The summed E-state index contributed by atoms with van der Waals surface area (Å²) >= 11 is 5.56. The highest BCUT2D eigenvalue weighted by atomic mass is 35.5. The lowest BCUT2D eigenvalue weighted by molar-refractivity contribution is 0.348. The van der Waals surface area contributed by atoms with E-state index >= 15 is 0 Å². The second-order valence-corrected chi connectivity index (χ2v) is 3.89. The maximum absolute atomic E-state index is 5.81. The molecule has 0 bridgehead atoms. The number of hydrogen-bond acceptors (Lipinski definition) is 2. The van der Waals surface area contributed by atoms with E-state index in [-0.39, 0.29) is 0 Å². The number of rotatable bonds is 3. The van der Waals surface area contributed by atoms with Crippen LogP contribution in [0.3, 0.4) is 0 Å². The summed E-state index contributed by atoms with van der Waals surface area (Å²) in [5.74, 6) is 0.855. The lowest BCUT2D eigenvalue weighted by Crippen LogP contribution is -2.03. The largest absolute Gasteiger partial charge is 0.489 e. The molecule has 0 aromatic heterocycles. The van der Waals surface area contributed by atoms with Gasteiger partial charge in [0.1, 0.15) is 12.4 Å². The number of ether oxygens (including phenoxy) is 1. The number of nitrogen functional groups attached to an aromatic ring is 1. The van der Waals surface area contributed by atoms with Crippen molar-refractivity contribution in [3.05, 3.63) is 34.4 Å². The van der Waals surface area contributed by atoms with Crippen molar-refractivity contribution in [2.45, 2.75) is 20.8 Å². The zero-order chi connectivity index (χ0) is 11.4. The van der Waals surface area contributed by atoms with Crippen LogP contribution in [0.25, 0.3) is 0 Å². The Kier molecular flexibility index (Phi) is 4.04. The maximum Gasteiger partial charge on any atom is 0.127 e. The molecule has 2 N–H and O–H groups in total. The fourth-order valence-corrected chi connectivity index (χ4v) is 1.34. The van der Waals surface area contributed by atoms with Gasteiger partial charge in [0, 0.05) is 16.8 Å². The van der Waals surface area contributed by atoms with E-state index in [1.165, 1.54) is 5.54 Å². The molecule has 0 fully saturated rings. The molecule has 0 heterocycles. The van der Waals surface area contributed by atoms with E-state index in [0.29, 0.717) is 6.61 Å². The van der Waals surface area contributed by atoms with Crippen LogP contribution in [0, 0.1) is 13.8 Å². The summed E-state index contributed by atoms with van der Waals surface area (Å²) in [6.45, 7) is 6.37. The van der Waals surface area contributed by atoms with Crippen LogP contribution in [0.2, 0.25) is 0 Å². The SMILES string of the molecule is C/C(=C/Cl)COc1c(C)ccc(N)c1C. The molecule has 0 aliphatic heterocycles. The van der Waals surface area contributed by atoms with Gasteiger partial charge in [-0.15, -0.1) is 0 Å². The Morgan fingerprint density at radius 2 is 2.13 bits per heavy atom. The van der Waals surface area contributed by atoms with Crippen molar-refractivity contribution >= 4 is 17.3 Å². The molecule has 0 amide bonds. The Hall–Kier alpha value is -1.15. The third kappa shape index (κ3) is 2.90. The molecule has 0 saturated carbocycles. The van der Waals surface area contributed by atoms with Crippen LogP contribution in [0.15, 0.2) is 23.2 Å². The van der Waals surface area contributed by atoms with Crippen LogP contribution in [0.5, 0.6) is 5.75 Å². The third-order valence-corrected chi connectivity index (χ3v) is 2.65. The van der Waals surface area contributed by atoms with E-state index in [4.69, 9.17) is 22.1 Å². The highest BCUT2D eigenvalue weighted by Gasteiger charge is 2.06. The van der Waals surface area contributed by atoms with Gasteiger partial charge in [0.2, 0.25) is 0 Å². The summed E-state index contributed by atoms with van der Waals surface area (Å²) in [6, 6.07) is 3.85. The number of benzene rings is 1. The first-order valence-corrected chi connectivity index (χ1v) is 5.24. The van der Waals surface area contributed by atoms with Crippen molar-refractivity contribution in [3.63, 3.8) is 0 Å². The van der Waals surface area contributed by atoms with Gasteiger partial charge < -0.3 is 10.5 Å². The molecule has 0 aliphatic rings. The van der Waals surface area contributed by atoms with Crippen molar-refractivity contribution in [1.82, 2.24) is 0 Å². The highest BCUT2D eigenvalue weighted by molar-refractivity contribution is 6.25. The second-order valence-electron chi connectivity index (χ2n) is 3.67. The highest BCUT2D eigenvalue weighted by Crippen LogP contribution is 2.27. The van der Waals surface area contributed by atoms with Crippen molar-refractivity contribution in [3.8, 4) is 5.75 Å². The number of anilines is 1. The van der Waals surface area contributed by atoms with Gasteiger partial charge in [-0.2, -0.15) is 0 Å². The molecule has 0 unspecified atom stereocenters. The van der Waals surface area contributed by atoms with Crippen LogP contribution in [-0.4, -0.2) is 6.61 Å². The van der Waals surface area contributed by atoms with Gasteiger partial charge in [-0.05, 0) is 38.0 Å². The number of nitrogens with two attached hydrogens (primary N) is 1. The van der Waals surface area contributed by atoms with E-state index in [0.717, 1.165) is 28.1 Å². The molecule has 0 spiro atoms. The molecule has 15 heavy (non-hydrogen) atoms. The predicted molar refractivity (Wildman–Crippen MR) is 65.4 cm³/mol. The van der Waals surface area contributed by atoms with E-state index in [2.05, 4.69) is 0 Å². The quantitative estimate of drug-likeness (QED) is 0.801. The summed E-state index contributed by atoms with van der Waals surface area (Å²) in [4.78, 5) is 0. The molecule has 0 radical (unpaired) electrons. The fourth-order valence-electron chi connectivity index (χ4n) is 1.28. The summed E-state index contributed by atoms with van der Waals surface area (Å²) in [6.07, 6.45) is 0. The lowest BCUT2D eigenvalue weighted by atomic mass is 10.1. The van der Waals surface area contributed by atoms with Gasteiger partial charge in [0.05, 0.1) is 0 Å². The summed E-state index contributed by atoms with van der Waals surface area (Å²) in [5.41, 5.74) is 11.1. The first-order chi connectivity index (χ1) is 7.06. The van der Waals surface area contributed by atoms with Gasteiger partial charge in [-0.3, -0.25) is 0 Å². The van der Waals surface area contributed by atoms with Gasteiger partial charge in [0.15, 0.2) is 0 Å². The zero-order valence-electron chi connectivity index (χ0n) is 9.30. The monoisotopic (exact) mass is 225 g/mol. The fraction of sp³-hybridized carbons (Fsp3) is 0.333. The predicted octanol–water partition coefficient (Wildman–Crippen LogP) is 3.41. The molecular weight excluding hydrogens is 210 g/mol. The molecule has 0 saturated heterocycles. The Balaban J connectivity index is 2.89. The molecule has 82 valence electrons. The average Bonchev–Trinajstić information content (AvgIpc) is 2.23. The van der Waals surface area contributed by atoms with Crippen molar-refractivity contribution in [2.75, 3.05) is 12.3 Å². The first-order valence-electron chi connectivity index (χ1n) is 4.80. The number of aryl methyl sites for hydroxylation is 1. The van der Waals surface area contributed by atoms with Gasteiger partial charge >= 0.3 is 0 Å². The Bertz CT molecular complexity index is 385. The molecule has 1 aromatic rings. The van der Waals surface area contributed by atoms with E-state index < -0.39 is 0 Å². The van der Waals surface area contributed by atoms with Gasteiger partial charge in [-0.25, -0.2) is 0 Å². The van der Waals surface area contributed by atoms with E-state index in [1.54, 1.807) is 0 Å².